The van der Waals surface area contributed by atoms with Gasteiger partial charge in [-0.1, -0.05) is 13.0 Å². The molecule has 0 saturated carbocycles. The molecular weight excluding hydrogens is 364 g/mol. The van der Waals surface area contributed by atoms with E-state index in [1.165, 1.54) is 24.0 Å². The van der Waals surface area contributed by atoms with Crippen molar-refractivity contribution in [2.24, 2.45) is 0 Å². The van der Waals surface area contributed by atoms with Crippen LogP contribution in [-0.4, -0.2) is 61.3 Å². The van der Waals surface area contributed by atoms with E-state index < -0.39 is 0 Å². The number of fused-ring (bicyclic) bond motifs is 1. The molecular formula is C24H38N2O3. The maximum absolute atomic E-state index is 12.0. The van der Waals surface area contributed by atoms with Crippen molar-refractivity contribution in [2.75, 3.05) is 39.4 Å². The number of ether oxygens (including phenoxy) is 2. The minimum Gasteiger partial charge on any atom is -0.494 e. The van der Waals surface area contributed by atoms with Crippen LogP contribution in [0.2, 0.25) is 0 Å². The van der Waals surface area contributed by atoms with Crippen LogP contribution >= 0.6 is 0 Å². The molecule has 1 saturated heterocycles. The first kappa shape index (κ1) is 21.9. The predicted molar refractivity (Wildman–Crippen MR) is 117 cm³/mol. The molecule has 0 aromatic heterocycles. The van der Waals surface area contributed by atoms with Gasteiger partial charge in [0.05, 0.1) is 13.2 Å². The highest BCUT2D eigenvalue weighted by atomic mass is 16.6. The molecule has 1 amide bonds. The van der Waals surface area contributed by atoms with Gasteiger partial charge in [-0.2, -0.15) is 0 Å². The van der Waals surface area contributed by atoms with E-state index in [4.69, 9.17) is 9.47 Å². The molecule has 1 aliphatic heterocycles. The molecule has 29 heavy (non-hydrogen) atoms. The van der Waals surface area contributed by atoms with Gasteiger partial charge in [-0.25, -0.2) is 4.79 Å². The van der Waals surface area contributed by atoms with Gasteiger partial charge in [0.1, 0.15) is 5.75 Å². The molecule has 1 heterocycles. The lowest BCUT2D eigenvalue weighted by atomic mass is 9.87. The minimum absolute atomic E-state index is 0.122. The van der Waals surface area contributed by atoms with Crippen LogP contribution in [0.15, 0.2) is 18.2 Å². The van der Waals surface area contributed by atoms with Crippen molar-refractivity contribution >= 4 is 6.09 Å². The number of carbonyl (C=O) groups is 1. The quantitative estimate of drug-likeness (QED) is 0.534. The number of aryl methyl sites for hydroxylation is 1. The Balaban J connectivity index is 1.48. The summed E-state index contributed by atoms with van der Waals surface area (Å²) in [5.74, 6) is 1.00. The van der Waals surface area contributed by atoms with E-state index in [0.29, 0.717) is 12.6 Å². The first-order chi connectivity index (χ1) is 14.2. The Labute approximate surface area is 176 Å². The summed E-state index contributed by atoms with van der Waals surface area (Å²) in [6, 6.07) is 7.25. The zero-order valence-corrected chi connectivity index (χ0v) is 18.3. The SMILES string of the molecule is CCCN(CCCCN1CCCCOC1=O)C1CCc2cc(OCC)ccc2C1. The van der Waals surface area contributed by atoms with Crippen molar-refractivity contribution in [3.8, 4) is 5.75 Å². The van der Waals surface area contributed by atoms with Crippen LogP contribution in [0, 0.1) is 0 Å². The predicted octanol–water partition coefficient (Wildman–Crippen LogP) is 4.67. The summed E-state index contributed by atoms with van der Waals surface area (Å²) in [6.07, 6.45) is 8.80. The van der Waals surface area contributed by atoms with Crippen molar-refractivity contribution in [1.82, 2.24) is 9.80 Å². The molecule has 3 rings (SSSR count). The number of hydrogen-bond donors (Lipinski definition) is 0. The second-order valence-electron chi connectivity index (χ2n) is 8.31. The van der Waals surface area contributed by atoms with Crippen LogP contribution in [0.3, 0.4) is 0 Å². The number of amides is 1. The highest BCUT2D eigenvalue weighted by Crippen LogP contribution is 2.28. The Morgan fingerprint density at radius 1 is 1.17 bits per heavy atom. The number of unbranched alkanes of at least 4 members (excludes halogenated alkanes) is 1. The molecule has 0 radical (unpaired) electrons. The number of rotatable bonds is 10. The summed E-state index contributed by atoms with van der Waals surface area (Å²) in [4.78, 5) is 16.5. The molecule has 162 valence electrons. The molecule has 5 nitrogen and oxygen atoms in total. The van der Waals surface area contributed by atoms with E-state index >= 15 is 0 Å². The fourth-order valence-electron chi connectivity index (χ4n) is 4.61. The van der Waals surface area contributed by atoms with Gasteiger partial charge in [0.15, 0.2) is 0 Å². The van der Waals surface area contributed by atoms with Crippen molar-refractivity contribution < 1.29 is 14.3 Å². The van der Waals surface area contributed by atoms with Gasteiger partial charge >= 0.3 is 6.09 Å². The second-order valence-corrected chi connectivity index (χ2v) is 8.31. The number of cyclic esters (lactones) is 1. The van der Waals surface area contributed by atoms with Crippen LogP contribution in [0.4, 0.5) is 4.79 Å². The fraction of sp³-hybridized carbons (Fsp3) is 0.708. The smallest absolute Gasteiger partial charge is 0.409 e. The van der Waals surface area contributed by atoms with E-state index in [9.17, 15) is 4.79 Å². The summed E-state index contributed by atoms with van der Waals surface area (Å²) in [5.41, 5.74) is 2.95. The summed E-state index contributed by atoms with van der Waals surface area (Å²) in [6.45, 7) is 9.55. The lowest BCUT2D eigenvalue weighted by molar-refractivity contribution is 0.114. The summed E-state index contributed by atoms with van der Waals surface area (Å²) in [5, 5.41) is 0. The highest BCUT2D eigenvalue weighted by Gasteiger charge is 2.24. The maximum atomic E-state index is 12.0. The highest BCUT2D eigenvalue weighted by molar-refractivity contribution is 5.67. The van der Waals surface area contributed by atoms with Gasteiger partial charge in [0.25, 0.3) is 0 Å². The van der Waals surface area contributed by atoms with Crippen LogP contribution in [0.25, 0.3) is 0 Å². The van der Waals surface area contributed by atoms with Gasteiger partial charge in [-0.3, -0.25) is 0 Å². The van der Waals surface area contributed by atoms with Crippen LogP contribution in [0.5, 0.6) is 5.75 Å². The Morgan fingerprint density at radius 2 is 2.07 bits per heavy atom. The third-order valence-corrected chi connectivity index (χ3v) is 6.15. The lowest BCUT2D eigenvalue weighted by Crippen LogP contribution is -2.40. The molecule has 1 atom stereocenters. The number of hydrogen-bond acceptors (Lipinski definition) is 4. The fourth-order valence-corrected chi connectivity index (χ4v) is 4.61. The van der Waals surface area contributed by atoms with Gasteiger partial charge in [-0.05, 0) is 94.6 Å². The van der Waals surface area contributed by atoms with Gasteiger partial charge in [0.2, 0.25) is 0 Å². The molecule has 1 fully saturated rings. The molecule has 0 spiro atoms. The minimum atomic E-state index is -0.122. The Kier molecular flexibility index (Phi) is 8.66. The van der Waals surface area contributed by atoms with Crippen LogP contribution < -0.4 is 4.74 Å². The van der Waals surface area contributed by atoms with Gasteiger partial charge in [-0.15, -0.1) is 0 Å². The van der Waals surface area contributed by atoms with E-state index in [1.807, 2.05) is 11.8 Å². The van der Waals surface area contributed by atoms with Crippen LogP contribution in [0.1, 0.15) is 63.5 Å². The molecule has 0 N–H and O–H groups in total. The Bertz CT molecular complexity index is 649. The third kappa shape index (κ3) is 6.36. The zero-order chi connectivity index (χ0) is 20.5. The topological polar surface area (TPSA) is 42.0 Å². The first-order valence-electron chi connectivity index (χ1n) is 11.6. The van der Waals surface area contributed by atoms with Gasteiger partial charge < -0.3 is 19.3 Å². The second kappa shape index (κ2) is 11.4. The molecule has 1 aliphatic carbocycles. The largest absolute Gasteiger partial charge is 0.494 e. The van der Waals surface area contributed by atoms with E-state index in [0.717, 1.165) is 77.1 Å². The zero-order valence-electron chi connectivity index (χ0n) is 18.3. The summed E-state index contributed by atoms with van der Waals surface area (Å²) >= 11 is 0. The maximum Gasteiger partial charge on any atom is 0.409 e. The van der Waals surface area contributed by atoms with Crippen molar-refractivity contribution in [3.63, 3.8) is 0 Å². The number of benzene rings is 1. The average molecular weight is 403 g/mol. The molecule has 2 aliphatic rings. The normalized spacial score (nSPS) is 19.6. The van der Waals surface area contributed by atoms with Crippen molar-refractivity contribution in [2.45, 2.75) is 71.3 Å². The molecule has 1 unspecified atom stereocenters. The molecule has 5 heteroatoms. The number of nitrogens with zero attached hydrogens (tertiary/aromatic N) is 2. The Hall–Kier alpha value is -1.75. The van der Waals surface area contributed by atoms with E-state index in [-0.39, 0.29) is 6.09 Å². The molecule has 1 aromatic carbocycles. The van der Waals surface area contributed by atoms with Crippen molar-refractivity contribution in [1.29, 1.82) is 0 Å². The number of carbonyl (C=O) groups excluding carboxylic acids is 1. The van der Waals surface area contributed by atoms with E-state index in [2.05, 4.69) is 30.0 Å². The van der Waals surface area contributed by atoms with E-state index in [1.54, 1.807) is 0 Å². The first-order valence-corrected chi connectivity index (χ1v) is 11.6. The van der Waals surface area contributed by atoms with Crippen LogP contribution in [-0.2, 0) is 17.6 Å². The molecule has 1 aromatic rings. The lowest BCUT2D eigenvalue weighted by Gasteiger charge is -2.35. The standard InChI is InChI=1S/C24H38N2O3/c1-3-13-25(14-5-6-15-26-16-7-8-17-29-24(26)27)22-11-9-21-19-23(28-4-2)12-10-20(21)18-22/h10,12,19,22H,3-9,11,13-18H2,1-2H3. The summed E-state index contributed by atoms with van der Waals surface area (Å²) < 4.78 is 10.9. The van der Waals surface area contributed by atoms with Gasteiger partial charge in [0, 0.05) is 19.1 Å². The third-order valence-electron chi connectivity index (χ3n) is 6.15. The Morgan fingerprint density at radius 3 is 2.90 bits per heavy atom. The molecule has 0 bridgehead atoms. The van der Waals surface area contributed by atoms with Crippen molar-refractivity contribution in [3.05, 3.63) is 29.3 Å². The summed E-state index contributed by atoms with van der Waals surface area (Å²) in [7, 11) is 0. The monoisotopic (exact) mass is 402 g/mol. The average Bonchev–Trinajstić information content (AvgIpc) is 2.94.